The predicted molar refractivity (Wildman–Crippen MR) is 70.2 cm³/mol. The maximum Gasteiger partial charge on any atom is 0.333 e. The zero-order chi connectivity index (χ0) is 14.3. The molecule has 0 aromatic carbocycles. The number of aliphatic hydroxyl groups is 1. The molecule has 6 nitrogen and oxygen atoms in total. The molecule has 2 N–H and O–H groups in total. The van der Waals surface area contributed by atoms with Gasteiger partial charge in [0.05, 0.1) is 6.42 Å². The molecule has 2 atom stereocenters. The third-order valence-electron chi connectivity index (χ3n) is 3.04. The van der Waals surface area contributed by atoms with E-state index < -0.39 is 11.9 Å². The number of aliphatic hydroxyl groups excluding tert-OH is 1. The van der Waals surface area contributed by atoms with Gasteiger partial charge in [-0.05, 0) is 12.3 Å². The lowest BCUT2D eigenvalue weighted by Crippen LogP contribution is -2.24. The van der Waals surface area contributed by atoms with Crippen molar-refractivity contribution in [1.29, 1.82) is 0 Å². The molecule has 1 saturated carbocycles. The van der Waals surface area contributed by atoms with E-state index >= 15 is 0 Å². The third-order valence-corrected chi connectivity index (χ3v) is 4.12. The van der Waals surface area contributed by atoms with Gasteiger partial charge in [-0.3, -0.25) is 9.59 Å². The number of hydrogen-bond acceptors (Lipinski definition) is 6. The highest BCUT2D eigenvalue weighted by Crippen LogP contribution is 2.31. The molecule has 0 heterocycles. The molecule has 1 aliphatic carbocycles. The minimum atomic E-state index is -0.501. The molecule has 0 aliphatic heterocycles. The molecule has 0 bridgehead atoms. The second-order valence-electron chi connectivity index (χ2n) is 4.51. The van der Waals surface area contributed by atoms with Gasteiger partial charge in [-0.15, -0.1) is 0 Å². The average Bonchev–Trinajstić information content (AvgIpc) is 2.73. The van der Waals surface area contributed by atoms with Crippen LogP contribution in [-0.2, 0) is 19.2 Å². The fraction of sp³-hybridized carbons (Fsp3) is 0.750. The molecule has 1 aliphatic rings. The summed E-state index contributed by atoms with van der Waals surface area (Å²) in [6, 6.07) is 0. The lowest BCUT2D eigenvalue weighted by Gasteiger charge is -2.15. The number of thioether (sulfide) groups is 1. The molecule has 0 radical (unpaired) electrons. The van der Waals surface area contributed by atoms with Crippen LogP contribution < -0.4 is 5.48 Å². The third kappa shape index (κ3) is 5.61. The molecular weight excluding hydrogens is 270 g/mol. The Hall–Kier alpha value is -1.08. The predicted octanol–water partition coefficient (Wildman–Crippen LogP) is 0.292. The fourth-order valence-corrected chi connectivity index (χ4v) is 3.16. The second-order valence-corrected chi connectivity index (χ2v) is 5.66. The first kappa shape index (κ1) is 16.0. The van der Waals surface area contributed by atoms with Crippen molar-refractivity contribution in [2.24, 2.45) is 11.8 Å². The standard InChI is InChI=1S/C12H19NO5S/c1-8(15)13-18-12(17)4-5-19-7-10-9(6-14)2-3-11(10)16/h9-10,14H,2-7H2,1H3,(H,13,15). The summed E-state index contributed by atoms with van der Waals surface area (Å²) >= 11 is 1.49. The SMILES string of the molecule is CC(=O)NOC(=O)CCSCC1C(=O)CCC1CO. The monoisotopic (exact) mass is 289 g/mol. The normalized spacial score (nSPS) is 22.3. The molecule has 1 fully saturated rings. The Morgan fingerprint density at radius 1 is 1.53 bits per heavy atom. The van der Waals surface area contributed by atoms with Crippen molar-refractivity contribution >= 4 is 29.4 Å². The van der Waals surface area contributed by atoms with Gasteiger partial charge in [0.15, 0.2) is 0 Å². The number of amides is 1. The topological polar surface area (TPSA) is 92.7 Å². The van der Waals surface area contributed by atoms with Gasteiger partial charge >= 0.3 is 5.97 Å². The van der Waals surface area contributed by atoms with Gasteiger partial charge in [-0.25, -0.2) is 4.79 Å². The molecule has 1 rings (SSSR count). The first-order chi connectivity index (χ1) is 9.04. The maximum atomic E-state index is 11.6. The Morgan fingerprint density at radius 3 is 2.89 bits per heavy atom. The highest BCUT2D eigenvalue weighted by molar-refractivity contribution is 7.99. The highest BCUT2D eigenvalue weighted by atomic mass is 32.2. The summed E-state index contributed by atoms with van der Waals surface area (Å²) < 4.78 is 0. The quantitative estimate of drug-likeness (QED) is 0.539. The van der Waals surface area contributed by atoms with E-state index in [2.05, 4.69) is 4.84 Å². The molecule has 1 amide bonds. The fourth-order valence-electron chi connectivity index (χ4n) is 1.97. The van der Waals surface area contributed by atoms with Crippen LogP contribution in [0.5, 0.6) is 0 Å². The van der Waals surface area contributed by atoms with Crippen LogP contribution in [0.15, 0.2) is 0 Å². The van der Waals surface area contributed by atoms with Crippen molar-refractivity contribution in [3.8, 4) is 0 Å². The Labute approximate surface area is 116 Å². The van der Waals surface area contributed by atoms with Crippen LogP contribution >= 0.6 is 11.8 Å². The minimum absolute atomic E-state index is 0.0432. The van der Waals surface area contributed by atoms with Crippen LogP contribution in [0, 0.1) is 11.8 Å². The summed E-state index contributed by atoms with van der Waals surface area (Å²) in [6.45, 7) is 1.30. The zero-order valence-electron chi connectivity index (χ0n) is 10.9. The van der Waals surface area contributed by atoms with E-state index in [-0.39, 0.29) is 30.6 Å². The largest absolute Gasteiger partial charge is 0.396 e. The van der Waals surface area contributed by atoms with Gasteiger partial charge in [0.1, 0.15) is 5.78 Å². The number of Topliss-reactive ketones (excluding diaryl/α,β-unsaturated/α-hetero) is 1. The number of ketones is 1. The summed E-state index contributed by atoms with van der Waals surface area (Å²) in [5.74, 6) is 0.389. The van der Waals surface area contributed by atoms with Crippen molar-refractivity contribution in [1.82, 2.24) is 5.48 Å². The average molecular weight is 289 g/mol. The Kier molecular flexibility index (Phi) is 6.86. The second kappa shape index (κ2) is 8.16. The van der Waals surface area contributed by atoms with Crippen LogP contribution in [-0.4, -0.2) is 40.9 Å². The number of hydrogen-bond donors (Lipinski definition) is 2. The molecule has 0 saturated heterocycles. The van der Waals surface area contributed by atoms with E-state index in [0.29, 0.717) is 17.9 Å². The van der Waals surface area contributed by atoms with E-state index in [4.69, 9.17) is 5.11 Å². The van der Waals surface area contributed by atoms with Crippen LogP contribution in [0.3, 0.4) is 0 Å². The van der Waals surface area contributed by atoms with Gasteiger partial charge in [0, 0.05) is 37.4 Å². The van der Waals surface area contributed by atoms with Crippen LogP contribution in [0.4, 0.5) is 0 Å². The number of rotatable bonds is 6. The highest BCUT2D eigenvalue weighted by Gasteiger charge is 2.33. The Morgan fingerprint density at radius 2 is 2.26 bits per heavy atom. The molecule has 7 heteroatoms. The smallest absolute Gasteiger partial charge is 0.333 e. The van der Waals surface area contributed by atoms with E-state index in [1.165, 1.54) is 18.7 Å². The molecule has 2 unspecified atom stereocenters. The van der Waals surface area contributed by atoms with Crippen molar-refractivity contribution in [3.63, 3.8) is 0 Å². The first-order valence-corrected chi connectivity index (χ1v) is 7.37. The van der Waals surface area contributed by atoms with Crippen LogP contribution in [0.1, 0.15) is 26.2 Å². The van der Waals surface area contributed by atoms with E-state index in [0.717, 1.165) is 6.42 Å². The van der Waals surface area contributed by atoms with Gasteiger partial charge in [0.2, 0.25) is 5.91 Å². The summed E-state index contributed by atoms with van der Waals surface area (Å²) in [6.07, 6.45) is 1.47. The summed E-state index contributed by atoms with van der Waals surface area (Å²) in [5, 5.41) is 9.15. The minimum Gasteiger partial charge on any atom is -0.396 e. The van der Waals surface area contributed by atoms with Gasteiger partial charge in [-0.1, -0.05) is 0 Å². The first-order valence-electron chi connectivity index (χ1n) is 6.22. The molecule has 0 aromatic rings. The number of nitrogens with one attached hydrogen (secondary N) is 1. The summed E-state index contributed by atoms with van der Waals surface area (Å²) in [5.41, 5.74) is 1.97. The summed E-state index contributed by atoms with van der Waals surface area (Å²) in [7, 11) is 0. The number of carbonyl (C=O) groups excluding carboxylic acids is 3. The zero-order valence-corrected chi connectivity index (χ0v) is 11.7. The van der Waals surface area contributed by atoms with Crippen molar-refractivity contribution < 1.29 is 24.3 Å². The Bertz CT molecular complexity index is 347. The van der Waals surface area contributed by atoms with Crippen LogP contribution in [0.2, 0.25) is 0 Å². The van der Waals surface area contributed by atoms with Crippen LogP contribution in [0.25, 0.3) is 0 Å². The van der Waals surface area contributed by atoms with Gasteiger partial charge in [0.25, 0.3) is 0 Å². The lowest BCUT2D eigenvalue weighted by molar-refractivity contribution is -0.157. The van der Waals surface area contributed by atoms with Gasteiger partial charge in [-0.2, -0.15) is 17.2 Å². The Balaban J connectivity index is 2.14. The maximum absolute atomic E-state index is 11.6. The molecule has 0 aromatic heterocycles. The van der Waals surface area contributed by atoms with Gasteiger partial charge < -0.3 is 9.94 Å². The lowest BCUT2D eigenvalue weighted by atomic mass is 9.99. The van der Waals surface area contributed by atoms with Crippen molar-refractivity contribution in [2.75, 3.05) is 18.1 Å². The molecular formula is C12H19NO5S. The molecule has 108 valence electrons. The van der Waals surface area contributed by atoms with E-state index in [1.54, 1.807) is 0 Å². The van der Waals surface area contributed by atoms with E-state index in [1.807, 2.05) is 5.48 Å². The molecule has 0 spiro atoms. The van der Waals surface area contributed by atoms with Crippen molar-refractivity contribution in [3.05, 3.63) is 0 Å². The molecule has 19 heavy (non-hydrogen) atoms. The van der Waals surface area contributed by atoms with E-state index in [9.17, 15) is 14.4 Å². The van der Waals surface area contributed by atoms with Crippen molar-refractivity contribution in [2.45, 2.75) is 26.2 Å². The summed E-state index contributed by atoms with van der Waals surface area (Å²) in [4.78, 5) is 37.7. The number of carbonyl (C=O) groups is 3. The number of hydroxylamine groups is 1.